The van der Waals surface area contributed by atoms with Crippen molar-refractivity contribution in [3.8, 4) is 22.6 Å². The summed E-state index contributed by atoms with van der Waals surface area (Å²) in [6.07, 6.45) is 0. The van der Waals surface area contributed by atoms with E-state index in [1.165, 1.54) is 0 Å². The molecule has 0 aliphatic carbocycles. The molecule has 2 aromatic rings. The van der Waals surface area contributed by atoms with Crippen LogP contribution >= 0.6 is 0 Å². The van der Waals surface area contributed by atoms with Crippen LogP contribution in [0, 0.1) is 0 Å². The summed E-state index contributed by atoms with van der Waals surface area (Å²) in [5.74, 6) is 0.514. The van der Waals surface area contributed by atoms with Crippen molar-refractivity contribution in [3.05, 3.63) is 48.5 Å². The van der Waals surface area contributed by atoms with E-state index in [1.54, 1.807) is 24.3 Å². The molecule has 2 aromatic carbocycles. The fourth-order valence-corrected chi connectivity index (χ4v) is 1.31. The van der Waals surface area contributed by atoms with Crippen LogP contribution in [-0.2, 0) is 0 Å². The summed E-state index contributed by atoms with van der Waals surface area (Å²) in [5.41, 5.74) is 2.03. The molecule has 2 rings (SSSR count). The number of benzene rings is 2. The predicted molar refractivity (Wildman–Crippen MR) is 56.3 cm³/mol. The molecule has 0 aromatic heterocycles. The number of hydrogen-bond donors (Lipinski definition) is 2. The minimum atomic E-state index is 0. The van der Waals surface area contributed by atoms with Gasteiger partial charge in [0, 0.05) is 0 Å². The Bertz CT molecular complexity index is 382. The molecule has 0 spiro atoms. The van der Waals surface area contributed by atoms with E-state index in [0.29, 0.717) is 0 Å². The van der Waals surface area contributed by atoms with E-state index in [1.807, 2.05) is 24.3 Å². The fourth-order valence-electron chi connectivity index (χ4n) is 1.31. The van der Waals surface area contributed by atoms with Gasteiger partial charge in [0.1, 0.15) is 11.5 Å². The summed E-state index contributed by atoms with van der Waals surface area (Å²) in [6.45, 7) is 0. The second kappa shape index (κ2) is 5.21. The number of hydrogen-bond acceptors (Lipinski definition) is 2. The predicted octanol–water partition coefficient (Wildman–Crippen LogP) is -0.119. The summed E-state index contributed by atoms with van der Waals surface area (Å²) in [5, 5.41) is 18.2. The SMILES string of the molecule is Oc1ccc(-c2ccc(O)cc2)cc1.[H-].[Na+]. The molecule has 0 amide bonds. The van der Waals surface area contributed by atoms with Gasteiger partial charge in [-0.1, -0.05) is 24.3 Å². The number of phenolic OH excluding ortho intramolecular Hbond substituents is 2. The molecular weight excluding hydrogens is 199 g/mol. The molecule has 0 fully saturated rings. The maximum absolute atomic E-state index is 9.11. The summed E-state index contributed by atoms with van der Waals surface area (Å²) in [6, 6.07) is 13.9. The van der Waals surface area contributed by atoms with Crippen LogP contribution in [0.4, 0.5) is 0 Å². The zero-order valence-corrected chi connectivity index (χ0v) is 10.5. The second-order valence-corrected chi connectivity index (χ2v) is 3.09. The first-order valence-corrected chi connectivity index (χ1v) is 4.34. The average molecular weight is 210 g/mol. The Morgan fingerprint density at radius 2 is 0.867 bits per heavy atom. The van der Waals surface area contributed by atoms with Gasteiger partial charge in [-0.2, -0.15) is 0 Å². The van der Waals surface area contributed by atoms with Gasteiger partial charge in [0.25, 0.3) is 0 Å². The van der Waals surface area contributed by atoms with Crippen molar-refractivity contribution in [1.29, 1.82) is 0 Å². The van der Waals surface area contributed by atoms with Crippen molar-refractivity contribution in [2.75, 3.05) is 0 Å². The Hall–Kier alpha value is -0.960. The van der Waals surface area contributed by atoms with Crippen LogP contribution in [-0.4, -0.2) is 10.2 Å². The van der Waals surface area contributed by atoms with Gasteiger partial charge in [-0.25, -0.2) is 0 Å². The monoisotopic (exact) mass is 210 g/mol. The third-order valence-corrected chi connectivity index (χ3v) is 2.07. The first-order chi connectivity index (χ1) is 6.75. The van der Waals surface area contributed by atoms with Gasteiger partial charge in [-0.3, -0.25) is 0 Å². The molecule has 2 N–H and O–H groups in total. The van der Waals surface area contributed by atoms with Gasteiger partial charge in [-0.05, 0) is 35.4 Å². The van der Waals surface area contributed by atoms with Gasteiger partial charge in [0.15, 0.2) is 0 Å². The van der Waals surface area contributed by atoms with E-state index in [2.05, 4.69) is 0 Å². The molecular formula is C12H11NaO2. The quantitative estimate of drug-likeness (QED) is 0.644. The molecule has 0 aliphatic heterocycles. The minimum Gasteiger partial charge on any atom is -1.00 e. The molecule has 72 valence electrons. The van der Waals surface area contributed by atoms with Crippen LogP contribution in [0.15, 0.2) is 48.5 Å². The molecule has 0 saturated heterocycles. The van der Waals surface area contributed by atoms with Crippen LogP contribution in [0.25, 0.3) is 11.1 Å². The minimum absolute atomic E-state index is 0. The Labute approximate surface area is 112 Å². The molecule has 0 radical (unpaired) electrons. The van der Waals surface area contributed by atoms with Crippen molar-refractivity contribution in [2.45, 2.75) is 0 Å². The summed E-state index contributed by atoms with van der Waals surface area (Å²) >= 11 is 0. The Balaban J connectivity index is 0.00000112. The zero-order chi connectivity index (χ0) is 9.97. The average Bonchev–Trinajstić information content (AvgIpc) is 2.21. The molecule has 0 aliphatic rings. The standard InChI is InChI=1S/C12H10O2.Na.H/c13-11-5-1-9(2-6-11)10-3-7-12(14)8-4-10;;/h1-8,13-14H;;/q;+1;-1. The van der Waals surface area contributed by atoms with E-state index < -0.39 is 0 Å². The molecule has 0 saturated carbocycles. The van der Waals surface area contributed by atoms with Crippen LogP contribution in [0.1, 0.15) is 1.43 Å². The molecule has 15 heavy (non-hydrogen) atoms. The molecule has 3 heteroatoms. The Morgan fingerprint density at radius 1 is 0.600 bits per heavy atom. The molecule has 2 nitrogen and oxygen atoms in total. The largest absolute Gasteiger partial charge is 1.00 e. The molecule has 0 heterocycles. The zero-order valence-electron chi connectivity index (χ0n) is 9.51. The van der Waals surface area contributed by atoms with Crippen molar-refractivity contribution >= 4 is 0 Å². The van der Waals surface area contributed by atoms with Crippen LogP contribution in [0.2, 0.25) is 0 Å². The van der Waals surface area contributed by atoms with E-state index in [9.17, 15) is 0 Å². The molecule has 0 unspecified atom stereocenters. The number of phenols is 2. The molecule has 0 atom stereocenters. The third kappa shape index (κ3) is 2.99. The van der Waals surface area contributed by atoms with E-state index in [4.69, 9.17) is 10.2 Å². The van der Waals surface area contributed by atoms with Gasteiger partial charge >= 0.3 is 29.6 Å². The first kappa shape index (κ1) is 12.1. The van der Waals surface area contributed by atoms with Crippen molar-refractivity contribution < 1.29 is 41.2 Å². The summed E-state index contributed by atoms with van der Waals surface area (Å²) in [7, 11) is 0. The second-order valence-electron chi connectivity index (χ2n) is 3.09. The van der Waals surface area contributed by atoms with Crippen molar-refractivity contribution in [2.24, 2.45) is 0 Å². The van der Waals surface area contributed by atoms with Gasteiger partial charge in [0.05, 0.1) is 0 Å². The smallest absolute Gasteiger partial charge is 1.00 e. The van der Waals surface area contributed by atoms with E-state index in [-0.39, 0.29) is 42.5 Å². The molecule has 0 bridgehead atoms. The number of rotatable bonds is 1. The van der Waals surface area contributed by atoms with Crippen LogP contribution in [0.5, 0.6) is 11.5 Å². The van der Waals surface area contributed by atoms with Crippen molar-refractivity contribution in [3.63, 3.8) is 0 Å². The summed E-state index contributed by atoms with van der Waals surface area (Å²) in [4.78, 5) is 0. The van der Waals surface area contributed by atoms with Crippen molar-refractivity contribution in [1.82, 2.24) is 0 Å². The topological polar surface area (TPSA) is 40.5 Å². The van der Waals surface area contributed by atoms with E-state index in [0.717, 1.165) is 11.1 Å². The van der Waals surface area contributed by atoms with Crippen LogP contribution in [0.3, 0.4) is 0 Å². The van der Waals surface area contributed by atoms with Gasteiger partial charge < -0.3 is 11.6 Å². The maximum Gasteiger partial charge on any atom is 1.00 e. The normalized spacial score (nSPS) is 9.33. The van der Waals surface area contributed by atoms with E-state index >= 15 is 0 Å². The van der Waals surface area contributed by atoms with Crippen LogP contribution < -0.4 is 29.6 Å². The van der Waals surface area contributed by atoms with Gasteiger partial charge in [0.2, 0.25) is 0 Å². The Morgan fingerprint density at radius 3 is 1.13 bits per heavy atom. The first-order valence-electron chi connectivity index (χ1n) is 4.34. The maximum atomic E-state index is 9.11. The number of aromatic hydroxyl groups is 2. The van der Waals surface area contributed by atoms with Gasteiger partial charge in [-0.15, -0.1) is 0 Å². The Kier molecular flexibility index (Phi) is 4.21. The fraction of sp³-hybridized carbons (Fsp3) is 0. The summed E-state index contributed by atoms with van der Waals surface area (Å²) < 4.78 is 0. The third-order valence-electron chi connectivity index (χ3n) is 2.07.